The van der Waals surface area contributed by atoms with Crippen molar-refractivity contribution in [1.29, 1.82) is 0 Å². The van der Waals surface area contributed by atoms with Gasteiger partial charge in [-0.3, -0.25) is 9.59 Å². The van der Waals surface area contributed by atoms with E-state index < -0.39 is 0 Å². The molecular formula is C32H52O3. The number of allylic oxidation sites excluding steroid dienone is 2. The Hall–Kier alpha value is -1.12. The standard InChI is InChI=1S/C32H52O3/c1-20(2)11-10-12-21(3)23-13-18-32(9)28-24(14-17-31(23,32)8)30(7)16-15-27(35-22(4)33)29(5,6)26(30)19-25(28)34/h20-21,23,26-27H,10-19H2,1-9H3/t21-,23+,26+,27+,30-,31+,32-/m1/s1. The summed E-state index contributed by atoms with van der Waals surface area (Å²) in [5.74, 6) is 2.66. The Kier molecular flexibility index (Phi) is 6.94. The van der Waals surface area contributed by atoms with Crippen LogP contribution in [0.25, 0.3) is 0 Å². The molecule has 4 aliphatic carbocycles. The van der Waals surface area contributed by atoms with Crippen LogP contribution in [0.4, 0.5) is 0 Å². The number of rotatable bonds is 6. The van der Waals surface area contributed by atoms with Gasteiger partial charge >= 0.3 is 5.97 Å². The molecule has 0 heterocycles. The van der Waals surface area contributed by atoms with E-state index in [0.717, 1.165) is 37.5 Å². The number of fused-ring (bicyclic) bond motifs is 4. The number of hydrogen-bond acceptors (Lipinski definition) is 3. The maximum atomic E-state index is 14.1. The molecule has 4 rings (SSSR count). The number of esters is 1. The molecule has 2 saturated carbocycles. The van der Waals surface area contributed by atoms with Crippen molar-refractivity contribution in [1.82, 2.24) is 0 Å². The highest BCUT2D eigenvalue weighted by molar-refractivity contribution is 5.99. The zero-order chi connectivity index (χ0) is 26.0. The average Bonchev–Trinajstić information content (AvgIpc) is 3.02. The first-order valence-corrected chi connectivity index (χ1v) is 14.6. The molecule has 3 heteroatoms. The second-order valence-corrected chi connectivity index (χ2v) is 14.6. The minimum atomic E-state index is -0.200. The van der Waals surface area contributed by atoms with Crippen LogP contribution in [0.2, 0.25) is 0 Å². The van der Waals surface area contributed by atoms with Gasteiger partial charge in [0.25, 0.3) is 0 Å². The molecule has 0 aromatic heterocycles. The lowest BCUT2D eigenvalue weighted by Gasteiger charge is -2.61. The third-order valence-corrected chi connectivity index (χ3v) is 12.0. The summed E-state index contributed by atoms with van der Waals surface area (Å²) in [5.41, 5.74) is 2.78. The molecule has 0 N–H and O–H groups in total. The van der Waals surface area contributed by atoms with E-state index in [4.69, 9.17) is 4.74 Å². The minimum Gasteiger partial charge on any atom is -0.462 e. The van der Waals surface area contributed by atoms with E-state index in [2.05, 4.69) is 55.4 Å². The Labute approximate surface area is 215 Å². The van der Waals surface area contributed by atoms with Gasteiger partial charge in [-0.25, -0.2) is 0 Å². The molecule has 0 bridgehead atoms. The largest absolute Gasteiger partial charge is 0.462 e. The summed E-state index contributed by atoms with van der Waals surface area (Å²) in [6.07, 6.45) is 11.1. The SMILES string of the molecule is CC(=O)O[C@H]1CC[C@]2(C)C3=C(C(=O)C[C@H]2C1(C)C)[C@@]1(C)CC[C@@H]([C@H](C)CCCC(C)C)[C@]1(C)CC3. The number of carbonyl (C=O) groups excluding carboxylic acids is 2. The van der Waals surface area contributed by atoms with Crippen LogP contribution in [0, 0.1) is 45.3 Å². The molecule has 0 saturated heterocycles. The summed E-state index contributed by atoms with van der Waals surface area (Å²) in [6, 6.07) is 0. The fraction of sp³-hybridized carbons (Fsp3) is 0.875. The molecule has 0 aromatic rings. The van der Waals surface area contributed by atoms with Crippen molar-refractivity contribution in [3.8, 4) is 0 Å². The Morgan fingerprint density at radius 2 is 1.69 bits per heavy atom. The summed E-state index contributed by atoms with van der Waals surface area (Å²) in [5, 5.41) is 0. The Morgan fingerprint density at radius 3 is 2.31 bits per heavy atom. The molecule has 0 radical (unpaired) electrons. The number of hydrogen-bond donors (Lipinski definition) is 0. The molecule has 4 aliphatic rings. The zero-order valence-corrected chi connectivity index (χ0v) is 24.2. The lowest BCUT2D eigenvalue weighted by Crippen LogP contribution is -2.57. The van der Waals surface area contributed by atoms with Crippen molar-refractivity contribution in [3.63, 3.8) is 0 Å². The van der Waals surface area contributed by atoms with E-state index in [-0.39, 0.29) is 39.7 Å². The molecule has 7 atom stereocenters. The smallest absolute Gasteiger partial charge is 0.302 e. The van der Waals surface area contributed by atoms with Crippen molar-refractivity contribution >= 4 is 11.8 Å². The fourth-order valence-corrected chi connectivity index (χ4v) is 9.75. The van der Waals surface area contributed by atoms with Crippen molar-refractivity contribution in [3.05, 3.63) is 11.1 Å². The molecule has 0 spiro atoms. The van der Waals surface area contributed by atoms with Gasteiger partial charge in [0.05, 0.1) is 0 Å². The van der Waals surface area contributed by atoms with E-state index in [0.29, 0.717) is 18.1 Å². The molecular weight excluding hydrogens is 432 g/mol. The first kappa shape index (κ1) is 26.9. The van der Waals surface area contributed by atoms with Gasteiger partial charge in [0, 0.05) is 29.7 Å². The quantitative estimate of drug-likeness (QED) is 0.356. The topological polar surface area (TPSA) is 43.4 Å². The van der Waals surface area contributed by atoms with Crippen molar-refractivity contribution in [2.75, 3.05) is 0 Å². The molecule has 0 aliphatic heterocycles. The summed E-state index contributed by atoms with van der Waals surface area (Å²) in [6.45, 7) is 20.6. The second kappa shape index (κ2) is 9.02. The summed E-state index contributed by atoms with van der Waals surface area (Å²) < 4.78 is 5.80. The van der Waals surface area contributed by atoms with Crippen LogP contribution in [0.1, 0.15) is 127 Å². The average molecular weight is 485 g/mol. The fourth-order valence-electron chi connectivity index (χ4n) is 9.75. The number of ketones is 1. The van der Waals surface area contributed by atoms with E-state index >= 15 is 0 Å². The maximum absolute atomic E-state index is 14.1. The lowest BCUT2D eigenvalue weighted by molar-refractivity contribution is -0.168. The maximum Gasteiger partial charge on any atom is 0.302 e. The van der Waals surface area contributed by atoms with E-state index in [9.17, 15) is 9.59 Å². The third-order valence-electron chi connectivity index (χ3n) is 12.0. The van der Waals surface area contributed by atoms with Crippen LogP contribution in [0.3, 0.4) is 0 Å². The Balaban J connectivity index is 1.66. The van der Waals surface area contributed by atoms with Crippen molar-refractivity contribution < 1.29 is 14.3 Å². The van der Waals surface area contributed by atoms with Crippen LogP contribution < -0.4 is 0 Å². The van der Waals surface area contributed by atoms with Crippen LogP contribution in [-0.4, -0.2) is 17.9 Å². The van der Waals surface area contributed by atoms with Crippen LogP contribution >= 0.6 is 0 Å². The van der Waals surface area contributed by atoms with Gasteiger partial charge in [0.2, 0.25) is 0 Å². The first-order chi connectivity index (χ1) is 16.2. The molecule has 0 unspecified atom stereocenters. The lowest BCUT2D eigenvalue weighted by atomic mass is 9.43. The van der Waals surface area contributed by atoms with Gasteiger partial charge in [-0.05, 0) is 73.0 Å². The number of ether oxygens (including phenoxy) is 1. The molecule has 0 amide bonds. The van der Waals surface area contributed by atoms with Crippen LogP contribution in [0.15, 0.2) is 11.1 Å². The van der Waals surface area contributed by atoms with Gasteiger partial charge in [-0.2, -0.15) is 0 Å². The summed E-state index contributed by atoms with van der Waals surface area (Å²) >= 11 is 0. The van der Waals surface area contributed by atoms with E-state index in [1.54, 1.807) is 0 Å². The number of Topliss-reactive ketones (excluding diaryl/α,β-unsaturated/α-hetero) is 1. The molecule has 3 nitrogen and oxygen atoms in total. The van der Waals surface area contributed by atoms with Gasteiger partial charge in [0.1, 0.15) is 6.10 Å². The van der Waals surface area contributed by atoms with Gasteiger partial charge < -0.3 is 4.74 Å². The predicted octanol–water partition coefficient (Wildman–Crippen LogP) is 8.31. The van der Waals surface area contributed by atoms with E-state index in [1.165, 1.54) is 50.2 Å². The monoisotopic (exact) mass is 484 g/mol. The van der Waals surface area contributed by atoms with Crippen LogP contribution in [0.5, 0.6) is 0 Å². The highest BCUT2D eigenvalue weighted by Crippen LogP contribution is 2.72. The Bertz CT molecular complexity index is 896. The van der Waals surface area contributed by atoms with Crippen LogP contribution in [-0.2, 0) is 14.3 Å². The Morgan fingerprint density at radius 1 is 1.00 bits per heavy atom. The highest BCUT2D eigenvalue weighted by atomic mass is 16.5. The predicted molar refractivity (Wildman–Crippen MR) is 143 cm³/mol. The molecule has 198 valence electrons. The zero-order valence-electron chi connectivity index (χ0n) is 24.2. The van der Waals surface area contributed by atoms with Gasteiger partial charge in [0.15, 0.2) is 5.78 Å². The van der Waals surface area contributed by atoms with Crippen molar-refractivity contribution in [2.45, 2.75) is 133 Å². The summed E-state index contributed by atoms with van der Waals surface area (Å²) in [4.78, 5) is 25.9. The van der Waals surface area contributed by atoms with E-state index in [1.807, 2.05) is 0 Å². The normalized spacial score (nSPS) is 41.3. The van der Waals surface area contributed by atoms with Crippen molar-refractivity contribution in [2.24, 2.45) is 45.3 Å². The van der Waals surface area contributed by atoms with Gasteiger partial charge in [-0.1, -0.05) is 80.2 Å². The number of carbonyl (C=O) groups is 2. The van der Waals surface area contributed by atoms with Gasteiger partial charge in [-0.15, -0.1) is 0 Å². The molecule has 0 aromatic carbocycles. The highest BCUT2D eigenvalue weighted by Gasteiger charge is 2.65. The molecule has 2 fully saturated rings. The molecule has 35 heavy (non-hydrogen) atoms. The first-order valence-electron chi connectivity index (χ1n) is 14.6. The third kappa shape index (κ3) is 4.06. The summed E-state index contributed by atoms with van der Waals surface area (Å²) in [7, 11) is 0. The second-order valence-electron chi connectivity index (χ2n) is 14.6. The minimum absolute atomic E-state index is 0.000499.